The van der Waals surface area contributed by atoms with E-state index in [9.17, 15) is 4.79 Å². The summed E-state index contributed by atoms with van der Waals surface area (Å²) in [4.78, 5) is 11.6. The molecule has 1 heterocycles. The number of ether oxygens (including phenoxy) is 3. The number of halogens is 1. The third-order valence-electron chi connectivity index (χ3n) is 3.23. The molecule has 98 valence electrons. The van der Waals surface area contributed by atoms with E-state index in [2.05, 4.69) is 4.74 Å². The summed E-state index contributed by atoms with van der Waals surface area (Å²) in [5, 5.41) is -1.47. The van der Waals surface area contributed by atoms with Gasteiger partial charge >= 0.3 is 5.97 Å². The molecule has 1 aromatic rings. The average molecular weight is 271 g/mol. The van der Waals surface area contributed by atoms with Crippen LogP contribution in [0.1, 0.15) is 18.1 Å². The van der Waals surface area contributed by atoms with Crippen molar-refractivity contribution in [1.29, 1.82) is 0 Å². The van der Waals surface area contributed by atoms with Gasteiger partial charge in [-0.1, -0.05) is 23.2 Å². The molecule has 4 nitrogen and oxygen atoms in total. The van der Waals surface area contributed by atoms with Crippen molar-refractivity contribution in [3.8, 4) is 5.75 Å². The van der Waals surface area contributed by atoms with Crippen molar-refractivity contribution in [2.24, 2.45) is 0 Å². The highest BCUT2D eigenvalue weighted by Gasteiger charge is 2.74. The molecule has 2 rings (SSSR count). The van der Waals surface area contributed by atoms with Crippen molar-refractivity contribution in [2.45, 2.75) is 24.5 Å². The Kier molecular flexibility index (Phi) is 3.03. The van der Waals surface area contributed by atoms with Crippen LogP contribution >= 0.6 is 11.6 Å². The van der Waals surface area contributed by atoms with Gasteiger partial charge in [-0.05, 0) is 26.0 Å². The first-order chi connectivity index (χ1) is 8.39. The molecule has 2 unspecified atom stereocenters. The molecule has 1 saturated heterocycles. The average Bonchev–Trinajstić information content (AvgIpc) is 2.94. The van der Waals surface area contributed by atoms with Crippen LogP contribution in [-0.4, -0.2) is 25.2 Å². The number of carbonyl (C=O) groups is 1. The summed E-state index contributed by atoms with van der Waals surface area (Å²) in [7, 11) is 2.84. The zero-order valence-electron chi connectivity index (χ0n) is 10.7. The topological polar surface area (TPSA) is 48.1 Å². The van der Waals surface area contributed by atoms with E-state index in [1.807, 2.05) is 25.1 Å². The number of rotatable bonds is 3. The summed E-state index contributed by atoms with van der Waals surface area (Å²) in [6, 6.07) is 5.64. The fourth-order valence-electron chi connectivity index (χ4n) is 2.05. The largest absolute Gasteiger partial charge is 0.496 e. The minimum absolute atomic E-state index is 0.602. The van der Waals surface area contributed by atoms with Gasteiger partial charge < -0.3 is 14.2 Å². The summed E-state index contributed by atoms with van der Waals surface area (Å²) in [6.45, 7) is 3.69. The minimum Gasteiger partial charge on any atom is -0.496 e. The third kappa shape index (κ3) is 1.68. The highest BCUT2D eigenvalue weighted by atomic mass is 35.5. The van der Waals surface area contributed by atoms with Crippen LogP contribution in [0.2, 0.25) is 0 Å². The molecular weight excluding hydrogens is 256 g/mol. The number of esters is 1. The van der Waals surface area contributed by atoms with Crippen LogP contribution in [0.4, 0.5) is 0 Å². The second kappa shape index (κ2) is 4.14. The van der Waals surface area contributed by atoms with Gasteiger partial charge in [0.2, 0.25) is 0 Å². The van der Waals surface area contributed by atoms with Crippen LogP contribution in [0.15, 0.2) is 18.2 Å². The molecule has 1 aromatic carbocycles. The Morgan fingerprint density at radius 2 is 2.06 bits per heavy atom. The first-order valence-electron chi connectivity index (χ1n) is 5.51. The van der Waals surface area contributed by atoms with Crippen LogP contribution in [0.3, 0.4) is 0 Å². The quantitative estimate of drug-likeness (QED) is 0.481. The normalized spacial score (nSPS) is 29.8. The van der Waals surface area contributed by atoms with E-state index < -0.39 is 16.6 Å². The number of hydrogen-bond acceptors (Lipinski definition) is 4. The first kappa shape index (κ1) is 13.2. The predicted octanol–water partition coefficient (Wildman–Crippen LogP) is 2.36. The monoisotopic (exact) mass is 270 g/mol. The van der Waals surface area contributed by atoms with Crippen LogP contribution < -0.4 is 4.74 Å². The lowest BCUT2D eigenvalue weighted by molar-refractivity contribution is -0.143. The highest BCUT2D eigenvalue weighted by molar-refractivity contribution is 6.35. The second-order valence-electron chi connectivity index (χ2n) is 4.43. The lowest BCUT2D eigenvalue weighted by Crippen LogP contribution is -2.27. The molecule has 2 atom stereocenters. The van der Waals surface area contributed by atoms with Crippen molar-refractivity contribution in [2.75, 3.05) is 14.2 Å². The minimum atomic E-state index is -1.47. The number of hydrogen-bond donors (Lipinski definition) is 0. The van der Waals surface area contributed by atoms with Gasteiger partial charge in [-0.2, -0.15) is 0 Å². The zero-order valence-corrected chi connectivity index (χ0v) is 11.5. The van der Waals surface area contributed by atoms with Gasteiger partial charge in [0.25, 0.3) is 5.06 Å². The predicted molar refractivity (Wildman–Crippen MR) is 66.8 cm³/mol. The molecule has 0 saturated carbocycles. The molecule has 0 bridgehead atoms. The Morgan fingerprint density at radius 1 is 1.39 bits per heavy atom. The second-order valence-corrected chi connectivity index (χ2v) is 4.96. The van der Waals surface area contributed by atoms with Crippen molar-refractivity contribution in [1.82, 2.24) is 0 Å². The van der Waals surface area contributed by atoms with Crippen LogP contribution in [0.25, 0.3) is 0 Å². The van der Waals surface area contributed by atoms with E-state index in [0.29, 0.717) is 5.75 Å². The molecular formula is C13H15ClO4. The van der Waals surface area contributed by atoms with Crippen molar-refractivity contribution in [3.05, 3.63) is 29.3 Å². The summed E-state index contributed by atoms with van der Waals surface area (Å²) in [5.74, 6) is 0.0322. The lowest BCUT2D eigenvalue weighted by Gasteiger charge is -2.14. The van der Waals surface area contributed by atoms with Crippen molar-refractivity contribution in [3.63, 3.8) is 0 Å². The summed E-state index contributed by atoms with van der Waals surface area (Å²) in [6.07, 6.45) is 0. The first-order valence-corrected chi connectivity index (χ1v) is 5.89. The molecule has 1 fully saturated rings. The van der Waals surface area contributed by atoms with E-state index in [4.69, 9.17) is 21.1 Å². The molecule has 0 aliphatic carbocycles. The Hall–Kier alpha value is -1.26. The van der Waals surface area contributed by atoms with Gasteiger partial charge in [0.05, 0.1) is 14.2 Å². The number of benzene rings is 1. The van der Waals surface area contributed by atoms with E-state index in [1.54, 1.807) is 14.0 Å². The van der Waals surface area contributed by atoms with Gasteiger partial charge in [-0.15, -0.1) is 0 Å². The van der Waals surface area contributed by atoms with Crippen molar-refractivity contribution < 1.29 is 19.0 Å². The molecule has 0 N–H and O–H groups in total. The molecule has 5 heteroatoms. The number of aryl methyl sites for hydroxylation is 1. The summed E-state index contributed by atoms with van der Waals surface area (Å²) >= 11 is 6.17. The van der Waals surface area contributed by atoms with E-state index in [-0.39, 0.29) is 0 Å². The maximum atomic E-state index is 11.6. The number of alkyl halides is 1. The van der Waals surface area contributed by atoms with Crippen LogP contribution in [0, 0.1) is 6.92 Å². The van der Waals surface area contributed by atoms with Crippen LogP contribution in [-0.2, 0) is 19.9 Å². The molecule has 0 aromatic heterocycles. The highest BCUT2D eigenvalue weighted by Crippen LogP contribution is 2.60. The van der Waals surface area contributed by atoms with Gasteiger partial charge in [0.1, 0.15) is 5.75 Å². The molecule has 1 aliphatic heterocycles. The smallest absolute Gasteiger partial charge is 0.357 e. The number of epoxide rings is 1. The zero-order chi connectivity index (χ0) is 13.6. The van der Waals surface area contributed by atoms with Gasteiger partial charge in [-0.25, -0.2) is 4.79 Å². The summed E-state index contributed by atoms with van der Waals surface area (Å²) < 4.78 is 15.4. The number of carbonyl (C=O) groups excluding carboxylic acids is 1. The molecule has 0 radical (unpaired) electrons. The Balaban J connectivity index is 2.45. The molecule has 1 aliphatic rings. The molecule has 18 heavy (non-hydrogen) atoms. The standard InChI is InChI=1S/C13H15ClO4/c1-8-5-6-10(16-3)9(7-8)12(2)13(14,18-12)11(15)17-4/h5-7H,1-4H3. The lowest BCUT2D eigenvalue weighted by atomic mass is 9.94. The van der Waals surface area contributed by atoms with Gasteiger partial charge in [0, 0.05) is 5.56 Å². The van der Waals surface area contributed by atoms with Crippen molar-refractivity contribution >= 4 is 17.6 Å². The maximum absolute atomic E-state index is 11.6. The number of methoxy groups -OCH3 is 2. The van der Waals surface area contributed by atoms with E-state index in [0.717, 1.165) is 11.1 Å². The van der Waals surface area contributed by atoms with Crippen LogP contribution in [0.5, 0.6) is 5.75 Å². The Morgan fingerprint density at radius 3 is 2.61 bits per heavy atom. The third-order valence-corrected chi connectivity index (χ3v) is 3.83. The molecule has 0 spiro atoms. The Labute approximate surface area is 111 Å². The maximum Gasteiger partial charge on any atom is 0.357 e. The molecule has 0 amide bonds. The van der Waals surface area contributed by atoms with Gasteiger partial charge in [-0.3, -0.25) is 0 Å². The summed E-state index contributed by atoms with van der Waals surface area (Å²) in [5.41, 5.74) is 0.843. The van der Waals surface area contributed by atoms with E-state index >= 15 is 0 Å². The Bertz CT molecular complexity index is 502. The van der Waals surface area contributed by atoms with Gasteiger partial charge in [0.15, 0.2) is 5.60 Å². The van der Waals surface area contributed by atoms with E-state index in [1.165, 1.54) is 7.11 Å². The SMILES string of the molecule is COC(=O)C1(Cl)OC1(C)c1cc(C)ccc1OC. The fourth-order valence-corrected chi connectivity index (χ4v) is 2.38. The fraction of sp³-hybridized carbons (Fsp3) is 0.462.